The number of carbonyl (C=O) groups excluding carboxylic acids is 1. The predicted molar refractivity (Wildman–Crippen MR) is 153 cm³/mol. The van der Waals surface area contributed by atoms with Gasteiger partial charge < -0.3 is 4.57 Å². The van der Waals surface area contributed by atoms with Crippen LogP contribution >= 0.6 is 11.6 Å². The maximum atomic E-state index is 14.7. The number of fused-ring (bicyclic) bond motifs is 1. The number of aromatic nitrogens is 4. The van der Waals surface area contributed by atoms with Crippen LogP contribution in [0.3, 0.4) is 0 Å². The van der Waals surface area contributed by atoms with E-state index in [1.165, 1.54) is 24.5 Å². The first-order valence-corrected chi connectivity index (χ1v) is 14.4. The van der Waals surface area contributed by atoms with Crippen LogP contribution in [0.5, 0.6) is 0 Å². The number of carbonyl (C=O) groups is 1. The number of likely N-dealkylation sites (tertiary alicyclic amines) is 1. The van der Waals surface area contributed by atoms with E-state index in [1.807, 2.05) is 6.07 Å². The maximum absolute atomic E-state index is 14.7. The summed E-state index contributed by atoms with van der Waals surface area (Å²) in [6.45, 7) is 1.66. The molecule has 13 heteroatoms. The monoisotopic (exact) mass is 621 g/mol. The molecule has 2 aliphatic heterocycles. The molecule has 3 aliphatic rings. The normalized spacial score (nSPS) is 17.4. The van der Waals surface area contributed by atoms with Crippen molar-refractivity contribution in [3.8, 4) is 28.6 Å². The third kappa shape index (κ3) is 4.90. The number of anilines is 1. The van der Waals surface area contributed by atoms with E-state index in [-0.39, 0.29) is 34.2 Å². The molecular formula is C31H24ClF4N7O. The first-order valence-electron chi connectivity index (χ1n) is 14.0. The number of hydrogen-bond acceptors (Lipinski definition) is 6. The van der Waals surface area contributed by atoms with Crippen molar-refractivity contribution in [1.82, 2.24) is 24.6 Å². The molecule has 0 radical (unpaired) electrons. The number of alkyl halides is 3. The Kier molecular flexibility index (Phi) is 6.53. The van der Waals surface area contributed by atoms with E-state index >= 15 is 0 Å². The van der Waals surface area contributed by atoms with Gasteiger partial charge in [-0.2, -0.15) is 18.4 Å². The summed E-state index contributed by atoms with van der Waals surface area (Å²) in [5, 5.41) is 17.4. The van der Waals surface area contributed by atoms with Crippen LogP contribution in [0.25, 0.3) is 22.5 Å². The molecule has 1 aliphatic carbocycles. The van der Waals surface area contributed by atoms with Crippen LogP contribution in [-0.4, -0.2) is 43.6 Å². The Morgan fingerprint density at radius 3 is 2.52 bits per heavy atom. The molecule has 4 heterocycles. The Balaban J connectivity index is 1.28. The summed E-state index contributed by atoms with van der Waals surface area (Å²) in [5.41, 5.74) is 0.538. The van der Waals surface area contributed by atoms with Crippen LogP contribution in [-0.2, 0) is 26.3 Å². The Morgan fingerprint density at radius 1 is 1.07 bits per heavy atom. The van der Waals surface area contributed by atoms with Crippen LogP contribution in [0.15, 0.2) is 42.7 Å². The number of amides is 1. The second kappa shape index (κ2) is 10.1. The van der Waals surface area contributed by atoms with Gasteiger partial charge in [-0.15, -0.1) is 10.2 Å². The minimum absolute atomic E-state index is 0.0188. The van der Waals surface area contributed by atoms with Crippen molar-refractivity contribution < 1.29 is 22.4 Å². The Bertz CT molecular complexity index is 1890. The highest BCUT2D eigenvalue weighted by molar-refractivity contribution is 6.30. The Labute approximate surface area is 254 Å². The second-order valence-electron chi connectivity index (χ2n) is 11.8. The number of halogens is 5. The molecule has 224 valence electrons. The number of nitrogens with zero attached hydrogens (tertiary/aromatic N) is 7. The van der Waals surface area contributed by atoms with Gasteiger partial charge >= 0.3 is 6.18 Å². The molecule has 7 rings (SSSR count). The summed E-state index contributed by atoms with van der Waals surface area (Å²) in [6.07, 6.45) is 0.111. The molecule has 2 aromatic heterocycles. The van der Waals surface area contributed by atoms with Crippen molar-refractivity contribution in [1.29, 1.82) is 5.26 Å². The Morgan fingerprint density at radius 2 is 1.86 bits per heavy atom. The van der Waals surface area contributed by atoms with Crippen molar-refractivity contribution in [2.45, 2.75) is 38.5 Å². The van der Waals surface area contributed by atoms with Gasteiger partial charge in [0.15, 0.2) is 5.82 Å². The first-order chi connectivity index (χ1) is 20.9. The van der Waals surface area contributed by atoms with Crippen LogP contribution in [0.4, 0.5) is 23.4 Å². The molecule has 0 bridgehead atoms. The lowest BCUT2D eigenvalue weighted by atomic mass is 9.97. The maximum Gasteiger partial charge on any atom is 0.416 e. The zero-order chi connectivity index (χ0) is 31.0. The molecule has 1 amide bonds. The number of benzene rings is 2. The molecule has 2 aromatic carbocycles. The summed E-state index contributed by atoms with van der Waals surface area (Å²) in [5.74, 6) is -1.07. The average molecular weight is 622 g/mol. The van der Waals surface area contributed by atoms with E-state index in [4.69, 9.17) is 11.6 Å². The van der Waals surface area contributed by atoms with Gasteiger partial charge in [0.2, 0.25) is 0 Å². The standard InChI is InChI=1S/C31H24ClF4N7O/c1-41-16-38-40-28(41)21-11-25(33)19(12-37)8-20(21)18-9-26(32)39-27(10-18)43-14-23-22(29(43)44)6-17(7-24(23)31(34,35)36)13-42-5-4-30(15-42)2-3-30/h6-11,16H,2-5,13-15H2,1H3. The van der Waals surface area contributed by atoms with Crippen LogP contribution in [0.2, 0.25) is 5.15 Å². The highest BCUT2D eigenvalue weighted by Gasteiger charge is 2.47. The second-order valence-corrected chi connectivity index (χ2v) is 12.2. The van der Waals surface area contributed by atoms with Crippen molar-refractivity contribution in [3.63, 3.8) is 0 Å². The SMILES string of the molecule is Cn1cnnc1-c1cc(F)c(C#N)cc1-c1cc(Cl)nc(N2Cc3c(cc(CN4CCC5(CC5)C4)cc3C(F)(F)F)C2=O)c1. The number of pyridine rings is 1. The fraction of sp³-hybridized carbons (Fsp3) is 0.323. The van der Waals surface area contributed by atoms with Crippen LogP contribution in [0, 0.1) is 22.6 Å². The summed E-state index contributed by atoms with van der Waals surface area (Å²) >= 11 is 6.40. The Hall–Kier alpha value is -4.34. The summed E-state index contributed by atoms with van der Waals surface area (Å²) in [4.78, 5) is 21.3. The molecule has 0 N–H and O–H groups in total. The molecule has 2 fully saturated rings. The quantitative estimate of drug-likeness (QED) is 0.190. The van der Waals surface area contributed by atoms with Gasteiger partial charge in [0.05, 0.1) is 17.7 Å². The van der Waals surface area contributed by atoms with Gasteiger partial charge in [0, 0.05) is 31.3 Å². The van der Waals surface area contributed by atoms with Crippen LogP contribution < -0.4 is 4.90 Å². The molecule has 4 aromatic rings. The fourth-order valence-electron chi connectivity index (χ4n) is 6.39. The number of hydrogen-bond donors (Lipinski definition) is 0. The fourth-order valence-corrected chi connectivity index (χ4v) is 6.59. The van der Waals surface area contributed by atoms with Crippen molar-refractivity contribution in [2.24, 2.45) is 12.5 Å². The smallest absolute Gasteiger partial charge is 0.317 e. The van der Waals surface area contributed by atoms with Gasteiger partial charge in [-0.05, 0) is 89.9 Å². The van der Waals surface area contributed by atoms with E-state index in [1.54, 1.807) is 17.7 Å². The summed E-state index contributed by atoms with van der Waals surface area (Å²) < 4.78 is 59.3. The molecule has 1 saturated heterocycles. The topological polar surface area (TPSA) is 90.9 Å². The zero-order valence-corrected chi connectivity index (χ0v) is 24.2. The number of aryl methyl sites for hydroxylation is 1. The first kappa shape index (κ1) is 28.4. The number of nitriles is 1. The molecule has 0 unspecified atom stereocenters. The molecule has 1 spiro atoms. The zero-order valence-electron chi connectivity index (χ0n) is 23.4. The third-order valence-electron chi connectivity index (χ3n) is 8.84. The van der Waals surface area contributed by atoms with E-state index in [0.29, 0.717) is 40.0 Å². The van der Waals surface area contributed by atoms with E-state index < -0.39 is 23.5 Å². The number of rotatable bonds is 5. The largest absolute Gasteiger partial charge is 0.416 e. The minimum Gasteiger partial charge on any atom is -0.317 e. The lowest BCUT2D eigenvalue weighted by Gasteiger charge is -2.19. The van der Waals surface area contributed by atoms with Gasteiger partial charge in [-0.25, -0.2) is 9.37 Å². The highest BCUT2D eigenvalue weighted by atomic mass is 35.5. The molecule has 8 nitrogen and oxygen atoms in total. The molecule has 0 atom stereocenters. The summed E-state index contributed by atoms with van der Waals surface area (Å²) in [7, 11) is 1.67. The van der Waals surface area contributed by atoms with Gasteiger partial charge in [-0.1, -0.05) is 11.6 Å². The molecule has 44 heavy (non-hydrogen) atoms. The van der Waals surface area contributed by atoms with E-state index in [9.17, 15) is 27.6 Å². The lowest BCUT2D eigenvalue weighted by molar-refractivity contribution is -0.138. The van der Waals surface area contributed by atoms with Crippen molar-refractivity contribution >= 4 is 23.3 Å². The average Bonchev–Trinajstić information content (AvgIpc) is 3.23. The summed E-state index contributed by atoms with van der Waals surface area (Å²) in [6, 6.07) is 9.96. The van der Waals surface area contributed by atoms with Gasteiger partial charge in [-0.3, -0.25) is 14.6 Å². The molecular weight excluding hydrogens is 598 g/mol. The predicted octanol–water partition coefficient (Wildman–Crippen LogP) is 6.37. The van der Waals surface area contributed by atoms with Crippen molar-refractivity contribution in [3.05, 3.63) is 81.5 Å². The third-order valence-corrected chi connectivity index (χ3v) is 9.03. The molecule has 1 saturated carbocycles. The van der Waals surface area contributed by atoms with Gasteiger partial charge in [0.1, 0.15) is 29.2 Å². The minimum atomic E-state index is -4.67. The van der Waals surface area contributed by atoms with E-state index in [2.05, 4.69) is 20.1 Å². The lowest BCUT2D eigenvalue weighted by Crippen LogP contribution is -2.24. The highest BCUT2D eigenvalue weighted by Crippen LogP contribution is 2.53. The van der Waals surface area contributed by atoms with Crippen molar-refractivity contribution in [2.75, 3.05) is 18.0 Å². The van der Waals surface area contributed by atoms with E-state index in [0.717, 1.165) is 49.4 Å². The van der Waals surface area contributed by atoms with Crippen LogP contribution in [0.1, 0.15) is 51.9 Å². The van der Waals surface area contributed by atoms with Gasteiger partial charge in [0.25, 0.3) is 5.91 Å².